The molecule has 0 bridgehead atoms. The number of hydrogen-bond acceptors (Lipinski definition) is 11. The molecule has 2 atom stereocenters. The van der Waals surface area contributed by atoms with Crippen LogP contribution in [0.3, 0.4) is 0 Å². The van der Waals surface area contributed by atoms with Crippen LogP contribution in [-0.4, -0.2) is 74.0 Å². The molecule has 1 saturated heterocycles. The van der Waals surface area contributed by atoms with Gasteiger partial charge in [-0.1, -0.05) is 25.6 Å². The Morgan fingerprint density at radius 1 is 1.15 bits per heavy atom. The minimum atomic E-state index is -3.80. The van der Waals surface area contributed by atoms with Crippen LogP contribution < -0.4 is 10.6 Å². The molecule has 0 radical (unpaired) electrons. The van der Waals surface area contributed by atoms with Crippen LogP contribution in [0.5, 0.6) is 0 Å². The van der Waals surface area contributed by atoms with Crippen LogP contribution in [0.25, 0.3) is 0 Å². The van der Waals surface area contributed by atoms with E-state index in [2.05, 4.69) is 15.4 Å². The number of ketones is 1. The molecule has 1 aliphatic rings. The fourth-order valence-corrected chi connectivity index (χ4v) is 4.62. The van der Waals surface area contributed by atoms with Crippen molar-refractivity contribution in [2.75, 3.05) is 39.2 Å². The molecule has 0 aromatic heterocycles. The summed E-state index contributed by atoms with van der Waals surface area (Å²) in [5.41, 5.74) is -0.751. The van der Waals surface area contributed by atoms with Crippen molar-refractivity contribution in [3.63, 3.8) is 0 Å². The number of thioether (sulfide) groups is 1. The molecular weight excluding hydrogens is 491 g/mol. The van der Waals surface area contributed by atoms with Crippen molar-refractivity contribution >= 4 is 48.3 Å². The summed E-state index contributed by atoms with van der Waals surface area (Å²) in [6, 6.07) is 0. The molecule has 2 N–H and O–H groups in total. The lowest BCUT2D eigenvalue weighted by molar-refractivity contribution is -0.141. The third-order valence-corrected chi connectivity index (χ3v) is 6.59. The third-order valence-electron chi connectivity index (χ3n) is 4.35. The number of carbonyl (C=O) groups is 5. The normalized spacial score (nSPS) is 21.6. The van der Waals surface area contributed by atoms with Gasteiger partial charge in [-0.25, -0.2) is 9.36 Å². The summed E-state index contributed by atoms with van der Waals surface area (Å²) < 4.78 is 31.8. The molecule has 1 aliphatic heterocycles. The van der Waals surface area contributed by atoms with Crippen LogP contribution in [0, 0.1) is 5.41 Å². The van der Waals surface area contributed by atoms with Gasteiger partial charge in [0, 0.05) is 43.9 Å². The van der Waals surface area contributed by atoms with Crippen molar-refractivity contribution < 1.29 is 46.8 Å². The molecule has 12 nitrogen and oxygen atoms in total. The minimum absolute atomic E-state index is 0.000356. The summed E-state index contributed by atoms with van der Waals surface area (Å²) in [6.07, 6.45) is 0.488. The van der Waals surface area contributed by atoms with Gasteiger partial charge < -0.3 is 15.4 Å². The van der Waals surface area contributed by atoms with E-state index in [1.54, 1.807) is 20.8 Å². The molecule has 0 aromatic rings. The number of phosphoric ester groups is 1. The van der Waals surface area contributed by atoms with Crippen LogP contribution >= 0.6 is 19.6 Å². The lowest BCUT2D eigenvalue weighted by atomic mass is 9.87. The topological polar surface area (TPSA) is 163 Å². The molecule has 0 aliphatic carbocycles. The van der Waals surface area contributed by atoms with Gasteiger partial charge in [0.1, 0.15) is 0 Å². The van der Waals surface area contributed by atoms with E-state index in [-0.39, 0.29) is 50.8 Å². The monoisotopic (exact) mass is 522 g/mol. The van der Waals surface area contributed by atoms with Crippen LogP contribution in [0.2, 0.25) is 0 Å². The third kappa shape index (κ3) is 10.9. The van der Waals surface area contributed by atoms with E-state index in [0.717, 1.165) is 31.0 Å². The second-order valence-electron chi connectivity index (χ2n) is 7.72. The zero-order valence-electron chi connectivity index (χ0n) is 19.6. The molecule has 0 aromatic carbocycles. The Balaban J connectivity index is 2.26. The maximum atomic E-state index is 12.4. The summed E-state index contributed by atoms with van der Waals surface area (Å²) >= 11 is 0.879. The summed E-state index contributed by atoms with van der Waals surface area (Å²) in [6.45, 7) is 5.45. The minimum Gasteiger partial charge on any atom is -0.463 e. The lowest BCUT2D eigenvalue weighted by Gasteiger charge is -2.39. The van der Waals surface area contributed by atoms with E-state index in [9.17, 15) is 28.5 Å². The smallest absolute Gasteiger partial charge is 0.463 e. The second-order valence-corrected chi connectivity index (χ2v) is 10.6. The van der Waals surface area contributed by atoms with E-state index >= 15 is 0 Å². The van der Waals surface area contributed by atoms with Gasteiger partial charge in [0.15, 0.2) is 17.0 Å². The van der Waals surface area contributed by atoms with Crippen molar-refractivity contribution in [2.45, 2.75) is 39.7 Å². The summed E-state index contributed by atoms with van der Waals surface area (Å²) in [5, 5.41) is 4.77. The second kappa shape index (κ2) is 14.4. The molecule has 1 fully saturated rings. The highest BCUT2D eigenvalue weighted by atomic mass is 32.2. The van der Waals surface area contributed by atoms with E-state index in [0.29, 0.717) is 0 Å². The maximum Gasteiger partial charge on any atom is 0.475 e. The molecule has 1 rings (SSSR count). The SMILES string of the molecule is CCOC(=O)/C=C/C(=O)CC(=O)SCCNC(=O)CCNC(=O)[C@@H]1OP(=O)(OC)OCC1(C)C. The maximum absolute atomic E-state index is 12.4. The first-order valence-electron chi connectivity index (χ1n) is 10.5. The van der Waals surface area contributed by atoms with Gasteiger partial charge in [0.25, 0.3) is 0 Å². The largest absolute Gasteiger partial charge is 0.475 e. The number of amides is 2. The Hall–Kier alpha value is -2.05. The van der Waals surface area contributed by atoms with Gasteiger partial charge in [-0.2, -0.15) is 0 Å². The number of phosphoric acid groups is 1. The van der Waals surface area contributed by atoms with Crippen molar-refractivity contribution in [3.05, 3.63) is 12.2 Å². The predicted octanol–water partition coefficient (Wildman–Crippen LogP) is 1.14. The highest BCUT2D eigenvalue weighted by Crippen LogP contribution is 2.56. The van der Waals surface area contributed by atoms with Crippen molar-refractivity contribution in [2.24, 2.45) is 5.41 Å². The molecule has 1 unspecified atom stereocenters. The lowest BCUT2D eigenvalue weighted by Crippen LogP contribution is -2.50. The van der Waals surface area contributed by atoms with Gasteiger partial charge in [0.05, 0.1) is 19.6 Å². The average molecular weight is 523 g/mol. The molecule has 0 spiro atoms. The molecule has 0 saturated carbocycles. The fourth-order valence-electron chi connectivity index (χ4n) is 2.56. The number of hydrogen-bond donors (Lipinski definition) is 2. The van der Waals surface area contributed by atoms with Crippen LogP contribution in [-0.2, 0) is 46.8 Å². The standard InChI is InChI=1S/C20H31N2O10PS/c1-5-30-16(25)7-6-14(23)12-17(26)34-11-10-21-15(24)8-9-22-19(27)18-20(2,3)13-31-33(28,29-4)32-18/h6-7,18H,5,8-13H2,1-4H3,(H,21,24)(H,22,27)/b7-6+/t18-,33?/m0/s1. The molecule has 14 heteroatoms. The zero-order valence-corrected chi connectivity index (χ0v) is 21.3. The zero-order chi connectivity index (χ0) is 25.8. The van der Waals surface area contributed by atoms with E-state index in [1.165, 1.54) is 0 Å². The molecule has 192 valence electrons. The van der Waals surface area contributed by atoms with Crippen molar-refractivity contribution in [1.29, 1.82) is 0 Å². The average Bonchev–Trinajstić information content (AvgIpc) is 2.77. The number of rotatable bonds is 13. The van der Waals surface area contributed by atoms with E-state index < -0.39 is 42.1 Å². The number of carbonyl (C=O) groups excluding carboxylic acids is 5. The number of allylic oxidation sites excluding steroid dienone is 1. The van der Waals surface area contributed by atoms with Crippen molar-refractivity contribution in [1.82, 2.24) is 10.6 Å². The first-order chi connectivity index (χ1) is 15.9. The van der Waals surface area contributed by atoms with Gasteiger partial charge in [-0.3, -0.25) is 32.7 Å². The highest BCUT2D eigenvalue weighted by Gasteiger charge is 2.48. The Kier molecular flexibility index (Phi) is 12.7. The molecule has 2 amide bonds. The van der Waals surface area contributed by atoms with Crippen LogP contribution in [0.1, 0.15) is 33.6 Å². The number of nitrogens with one attached hydrogen (secondary N) is 2. The van der Waals surface area contributed by atoms with Crippen LogP contribution in [0.4, 0.5) is 0 Å². The first kappa shape index (κ1) is 30.0. The van der Waals surface area contributed by atoms with Gasteiger partial charge in [-0.05, 0) is 13.0 Å². The fraction of sp³-hybridized carbons (Fsp3) is 0.650. The molecule has 34 heavy (non-hydrogen) atoms. The van der Waals surface area contributed by atoms with Crippen LogP contribution in [0.15, 0.2) is 12.2 Å². The molecular formula is C20H31N2O10PS. The number of esters is 1. The van der Waals surface area contributed by atoms with Gasteiger partial charge in [-0.15, -0.1) is 0 Å². The summed E-state index contributed by atoms with van der Waals surface area (Å²) in [7, 11) is -2.64. The van der Waals surface area contributed by atoms with E-state index in [1.807, 2.05) is 0 Å². The van der Waals surface area contributed by atoms with Crippen molar-refractivity contribution in [3.8, 4) is 0 Å². The Labute approximate surface area is 202 Å². The quantitative estimate of drug-likeness (QED) is 0.117. The van der Waals surface area contributed by atoms with E-state index in [4.69, 9.17) is 13.6 Å². The first-order valence-corrected chi connectivity index (χ1v) is 12.9. The Bertz CT molecular complexity index is 845. The predicted molar refractivity (Wildman–Crippen MR) is 123 cm³/mol. The summed E-state index contributed by atoms with van der Waals surface area (Å²) in [4.78, 5) is 58.9. The van der Waals surface area contributed by atoms with Gasteiger partial charge in [0.2, 0.25) is 11.8 Å². The Morgan fingerprint density at radius 3 is 2.50 bits per heavy atom. The Morgan fingerprint density at radius 2 is 1.85 bits per heavy atom. The van der Waals surface area contributed by atoms with Gasteiger partial charge >= 0.3 is 13.8 Å². The summed E-state index contributed by atoms with van der Waals surface area (Å²) in [5.74, 6) is -1.82. The molecule has 1 heterocycles. The highest BCUT2D eigenvalue weighted by molar-refractivity contribution is 8.13. The number of ether oxygens (including phenoxy) is 1.